The van der Waals surface area contributed by atoms with Gasteiger partial charge in [-0.25, -0.2) is 4.98 Å². The molecule has 3 aromatic rings. The molecular formula is C22H23ClN2O. The Morgan fingerprint density at radius 3 is 2.38 bits per heavy atom. The monoisotopic (exact) mass is 366 g/mol. The fraction of sp³-hybridized carbons (Fsp3) is 0.227. The standard InChI is InChI=1S/C22H23ClN2O/c1-5-25(6-2)22-19(15(4)26)20(16-10-8-7-9-11-16)18-13-17(23)12-14(3)21(18)24-22/h7-13,26H,4-6H2,1-3H3. The van der Waals surface area contributed by atoms with Gasteiger partial charge in [0.15, 0.2) is 0 Å². The molecule has 1 N–H and O–H groups in total. The number of fused-ring (bicyclic) bond motifs is 1. The fourth-order valence-corrected chi connectivity index (χ4v) is 3.69. The van der Waals surface area contributed by atoms with E-state index >= 15 is 0 Å². The third-order valence-electron chi connectivity index (χ3n) is 4.64. The van der Waals surface area contributed by atoms with E-state index in [0.717, 1.165) is 46.5 Å². The van der Waals surface area contributed by atoms with E-state index in [4.69, 9.17) is 16.6 Å². The Morgan fingerprint density at radius 1 is 1.15 bits per heavy atom. The first-order valence-corrected chi connectivity index (χ1v) is 9.18. The van der Waals surface area contributed by atoms with Crippen molar-refractivity contribution in [2.45, 2.75) is 20.8 Å². The average molecular weight is 367 g/mol. The van der Waals surface area contributed by atoms with E-state index in [0.29, 0.717) is 10.6 Å². The van der Waals surface area contributed by atoms with Gasteiger partial charge in [0.2, 0.25) is 0 Å². The Morgan fingerprint density at radius 2 is 1.81 bits per heavy atom. The average Bonchev–Trinajstić information content (AvgIpc) is 2.62. The van der Waals surface area contributed by atoms with E-state index in [9.17, 15) is 5.11 Å². The summed E-state index contributed by atoms with van der Waals surface area (Å²) in [5.74, 6) is 0.761. The van der Waals surface area contributed by atoms with Crippen molar-refractivity contribution in [3.8, 4) is 11.1 Å². The zero-order valence-corrected chi connectivity index (χ0v) is 16.1. The topological polar surface area (TPSA) is 36.4 Å². The second-order valence-electron chi connectivity index (χ2n) is 6.29. The summed E-state index contributed by atoms with van der Waals surface area (Å²) < 4.78 is 0. The largest absolute Gasteiger partial charge is 0.508 e. The lowest BCUT2D eigenvalue weighted by Crippen LogP contribution is -2.24. The summed E-state index contributed by atoms with van der Waals surface area (Å²) >= 11 is 6.35. The molecule has 0 aliphatic rings. The second kappa shape index (κ2) is 7.38. The molecule has 2 aromatic carbocycles. The smallest absolute Gasteiger partial charge is 0.140 e. The van der Waals surface area contributed by atoms with Crippen LogP contribution in [0.15, 0.2) is 49.0 Å². The molecule has 0 saturated heterocycles. The van der Waals surface area contributed by atoms with Gasteiger partial charge in [0, 0.05) is 29.1 Å². The van der Waals surface area contributed by atoms with Crippen molar-refractivity contribution in [2.24, 2.45) is 0 Å². The molecule has 0 fully saturated rings. The van der Waals surface area contributed by atoms with Gasteiger partial charge in [-0.3, -0.25) is 0 Å². The molecule has 0 aliphatic heterocycles. The third kappa shape index (κ3) is 3.15. The number of aliphatic hydroxyl groups excluding tert-OH is 1. The van der Waals surface area contributed by atoms with Crippen LogP contribution in [0.1, 0.15) is 25.0 Å². The SMILES string of the molecule is C=C(O)c1c(N(CC)CC)nc2c(C)cc(Cl)cc2c1-c1ccccc1. The van der Waals surface area contributed by atoms with E-state index < -0.39 is 0 Å². The number of halogens is 1. The van der Waals surface area contributed by atoms with E-state index in [1.54, 1.807) is 0 Å². The highest BCUT2D eigenvalue weighted by Gasteiger charge is 2.22. The van der Waals surface area contributed by atoms with Gasteiger partial charge in [-0.15, -0.1) is 0 Å². The van der Waals surface area contributed by atoms with Crippen LogP contribution in [0.25, 0.3) is 27.8 Å². The van der Waals surface area contributed by atoms with Crippen LogP contribution in [0.4, 0.5) is 5.82 Å². The molecule has 1 aromatic heterocycles. The lowest BCUT2D eigenvalue weighted by atomic mass is 9.93. The molecule has 26 heavy (non-hydrogen) atoms. The predicted octanol–water partition coefficient (Wildman–Crippen LogP) is 6.24. The minimum Gasteiger partial charge on any atom is -0.508 e. The van der Waals surface area contributed by atoms with E-state index in [-0.39, 0.29) is 5.76 Å². The van der Waals surface area contributed by atoms with Crippen molar-refractivity contribution in [3.63, 3.8) is 0 Å². The van der Waals surface area contributed by atoms with Gasteiger partial charge >= 0.3 is 0 Å². The number of anilines is 1. The molecule has 4 heteroatoms. The van der Waals surface area contributed by atoms with Gasteiger partial charge < -0.3 is 10.0 Å². The van der Waals surface area contributed by atoms with Crippen LogP contribution in [0.3, 0.4) is 0 Å². The lowest BCUT2D eigenvalue weighted by Gasteiger charge is -2.26. The molecule has 0 amide bonds. The number of hydrogen-bond donors (Lipinski definition) is 1. The summed E-state index contributed by atoms with van der Waals surface area (Å²) in [5.41, 5.74) is 4.47. The Hall–Kier alpha value is -2.52. The highest BCUT2D eigenvalue weighted by molar-refractivity contribution is 6.31. The summed E-state index contributed by atoms with van der Waals surface area (Å²) in [7, 11) is 0. The molecule has 0 radical (unpaired) electrons. The number of pyridine rings is 1. The highest BCUT2D eigenvalue weighted by atomic mass is 35.5. The molecule has 1 heterocycles. The van der Waals surface area contributed by atoms with Crippen molar-refractivity contribution >= 4 is 34.1 Å². The minimum absolute atomic E-state index is 0.0118. The first-order chi connectivity index (χ1) is 12.5. The molecule has 3 rings (SSSR count). The van der Waals surface area contributed by atoms with Crippen LogP contribution in [0, 0.1) is 6.92 Å². The number of rotatable bonds is 5. The van der Waals surface area contributed by atoms with Crippen LogP contribution in [-0.4, -0.2) is 23.2 Å². The van der Waals surface area contributed by atoms with Crippen LogP contribution < -0.4 is 4.90 Å². The van der Waals surface area contributed by atoms with Crippen LogP contribution >= 0.6 is 11.6 Å². The number of nitrogens with zero attached hydrogens (tertiary/aromatic N) is 2. The molecule has 134 valence electrons. The number of aliphatic hydroxyl groups is 1. The van der Waals surface area contributed by atoms with Gasteiger partial charge in [-0.1, -0.05) is 48.5 Å². The molecule has 0 bridgehead atoms. The van der Waals surface area contributed by atoms with Gasteiger partial charge in [-0.2, -0.15) is 0 Å². The maximum absolute atomic E-state index is 10.5. The first-order valence-electron chi connectivity index (χ1n) is 8.80. The van der Waals surface area contributed by atoms with E-state index in [2.05, 4.69) is 25.3 Å². The summed E-state index contributed by atoms with van der Waals surface area (Å²) in [6, 6.07) is 13.8. The summed E-state index contributed by atoms with van der Waals surface area (Å²) in [6.45, 7) is 11.6. The molecular weight excluding hydrogens is 344 g/mol. The fourth-order valence-electron chi connectivity index (χ4n) is 3.41. The summed E-state index contributed by atoms with van der Waals surface area (Å²) in [5, 5.41) is 12.1. The normalized spacial score (nSPS) is 10.9. The van der Waals surface area contributed by atoms with Crippen molar-refractivity contribution in [2.75, 3.05) is 18.0 Å². The third-order valence-corrected chi connectivity index (χ3v) is 4.86. The predicted molar refractivity (Wildman–Crippen MR) is 112 cm³/mol. The Bertz CT molecular complexity index is 963. The van der Waals surface area contributed by atoms with Gasteiger partial charge in [0.25, 0.3) is 0 Å². The van der Waals surface area contributed by atoms with Crippen LogP contribution in [-0.2, 0) is 0 Å². The maximum atomic E-state index is 10.5. The lowest BCUT2D eigenvalue weighted by molar-refractivity contribution is 0.513. The molecule has 3 nitrogen and oxygen atoms in total. The molecule has 0 atom stereocenters. The molecule has 0 spiro atoms. The number of aryl methyl sites for hydroxylation is 1. The van der Waals surface area contributed by atoms with Crippen molar-refractivity contribution in [1.82, 2.24) is 4.98 Å². The van der Waals surface area contributed by atoms with Gasteiger partial charge in [0.1, 0.15) is 11.6 Å². The number of benzene rings is 2. The zero-order chi connectivity index (χ0) is 18.8. The maximum Gasteiger partial charge on any atom is 0.140 e. The molecule has 0 saturated carbocycles. The Balaban J connectivity index is 2.54. The van der Waals surface area contributed by atoms with Crippen molar-refractivity contribution in [3.05, 3.63) is 65.2 Å². The Kier molecular flexibility index (Phi) is 5.19. The van der Waals surface area contributed by atoms with E-state index in [1.165, 1.54) is 0 Å². The van der Waals surface area contributed by atoms with E-state index in [1.807, 2.05) is 49.4 Å². The quantitative estimate of drug-likeness (QED) is 0.543. The van der Waals surface area contributed by atoms with Crippen molar-refractivity contribution < 1.29 is 5.11 Å². The molecule has 0 unspecified atom stereocenters. The zero-order valence-electron chi connectivity index (χ0n) is 15.4. The Labute approximate surface area is 159 Å². The van der Waals surface area contributed by atoms with Crippen LogP contribution in [0.2, 0.25) is 5.02 Å². The summed E-state index contributed by atoms with van der Waals surface area (Å²) in [4.78, 5) is 7.05. The van der Waals surface area contributed by atoms with Crippen LogP contribution in [0.5, 0.6) is 0 Å². The van der Waals surface area contributed by atoms with Gasteiger partial charge in [-0.05, 0) is 44.0 Å². The first kappa shape index (κ1) is 18.3. The highest BCUT2D eigenvalue weighted by Crippen LogP contribution is 2.41. The number of aromatic nitrogens is 1. The second-order valence-corrected chi connectivity index (χ2v) is 6.73. The minimum atomic E-state index is 0.0118. The van der Waals surface area contributed by atoms with Gasteiger partial charge in [0.05, 0.1) is 11.1 Å². The number of hydrogen-bond acceptors (Lipinski definition) is 3. The van der Waals surface area contributed by atoms with Crippen molar-refractivity contribution in [1.29, 1.82) is 0 Å². The molecule has 0 aliphatic carbocycles. The summed E-state index contributed by atoms with van der Waals surface area (Å²) in [6.07, 6.45) is 0.